The Kier molecular flexibility index (Phi) is 3.76. The van der Waals surface area contributed by atoms with E-state index in [-0.39, 0.29) is 11.1 Å². The Bertz CT molecular complexity index is 429. The van der Waals surface area contributed by atoms with Gasteiger partial charge in [0.15, 0.2) is 0 Å². The summed E-state index contributed by atoms with van der Waals surface area (Å²) in [7, 11) is 1.87. The molecule has 1 rings (SSSR count). The summed E-state index contributed by atoms with van der Waals surface area (Å²) in [5, 5.41) is 8.75. The number of nitrogens with zero attached hydrogens (tertiary/aromatic N) is 1. The SMILES string of the molecule is CCC(C)(C)N(C)c1ccc(C(=O)O)c(F)c1. The minimum Gasteiger partial charge on any atom is -0.478 e. The molecule has 0 bridgehead atoms. The molecule has 1 N–H and O–H groups in total. The maximum atomic E-state index is 13.5. The van der Waals surface area contributed by atoms with Crippen molar-refractivity contribution in [2.45, 2.75) is 32.7 Å². The minimum atomic E-state index is -1.24. The number of halogens is 1. The Morgan fingerprint density at radius 2 is 2.06 bits per heavy atom. The summed E-state index contributed by atoms with van der Waals surface area (Å²) < 4.78 is 13.5. The molecule has 0 saturated carbocycles. The fraction of sp³-hybridized carbons (Fsp3) is 0.462. The van der Waals surface area contributed by atoms with Gasteiger partial charge in [-0.3, -0.25) is 0 Å². The van der Waals surface area contributed by atoms with Crippen molar-refractivity contribution < 1.29 is 14.3 Å². The van der Waals surface area contributed by atoms with E-state index >= 15 is 0 Å². The lowest BCUT2D eigenvalue weighted by molar-refractivity contribution is 0.0692. The predicted molar refractivity (Wildman–Crippen MR) is 66.1 cm³/mol. The van der Waals surface area contributed by atoms with E-state index in [1.54, 1.807) is 6.07 Å². The fourth-order valence-electron chi connectivity index (χ4n) is 1.47. The van der Waals surface area contributed by atoms with Crippen LogP contribution in [-0.4, -0.2) is 23.7 Å². The third kappa shape index (κ3) is 2.75. The van der Waals surface area contributed by atoms with Crippen LogP contribution < -0.4 is 4.90 Å². The molecule has 17 heavy (non-hydrogen) atoms. The largest absolute Gasteiger partial charge is 0.478 e. The first-order valence-electron chi connectivity index (χ1n) is 5.56. The standard InChI is InChI=1S/C13H18FNO2/c1-5-13(2,3)15(4)9-6-7-10(12(16)17)11(14)8-9/h6-8H,5H2,1-4H3,(H,16,17). The van der Waals surface area contributed by atoms with Gasteiger partial charge in [-0.25, -0.2) is 9.18 Å². The lowest BCUT2D eigenvalue weighted by atomic mass is 9.99. The van der Waals surface area contributed by atoms with Crippen LogP contribution in [0, 0.1) is 5.82 Å². The fourth-order valence-corrected chi connectivity index (χ4v) is 1.47. The summed E-state index contributed by atoms with van der Waals surface area (Å²) in [6.07, 6.45) is 0.909. The quantitative estimate of drug-likeness (QED) is 0.877. The maximum absolute atomic E-state index is 13.5. The molecule has 0 radical (unpaired) electrons. The van der Waals surface area contributed by atoms with Gasteiger partial charge in [0.2, 0.25) is 0 Å². The van der Waals surface area contributed by atoms with E-state index in [1.165, 1.54) is 12.1 Å². The van der Waals surface area contributed by atoms with Gasteiger partial charge in [0.05, 0.1) is 5.56 Å². The highest BCUT2D eigenvalue weighted by Gasteiger charge is 2.22. The molecule has 0 aliphatic carbocycles. The number of aromatic carboxylic acids is 1. The summed E-state index contributed by atoms with van der Waals surface area (Å²) >= 11 is 0. The monoisotopic (exact) mass is 239 g/mol. The van der Waals surface area contributed by atoms with Gasteiger partial charge in [-0.1, -0.05) is 6.92 Å². The second-order valence-electron chi connectivity index (χ2n) is 4.69. The van der Waals surface area contributed by atoms with Crippen LogP contribution in [0.3, 0.4) is 0 Å². The van der Waals surface area contributed by atoms with E-state index in [0.29, 0.717) is 5.69 Å². The Labute approximate surface area is 101 Å². The van der Waals surface area contributed by atoms with Crippen molar-refractivity contribution in [2.24, 2.45) is 0 Å². The van der Waals surface area contributed by atoms with Crippen LogP contribution in [0.4, 0.5) is 10.1 Å². The molecular weight excluding hydrogens is 221 g/mol. The van der Waals surface area contributed by atoms with E-state index in [4.69, 9.17) is 5.11 Å². The molecule has 0 heterocycles. The third-order valence-corrected chi connectivity index (χ3v) is 3.34. The average Bonchev–Trinajstić information content (AvgIpc) is 2.27. The highest BCUT2D eigenvalue weighted by atomic mass is 19.1. The van der Waals surface area contributed by atoms with Gasteiger partial charge in [-0.2, -0.15) is 0 Å². The van der Waals surface area contributed by atoms with Crippen molar-refractivity contribution in [1.29, 1.82) is 0 Å². The second-order valence-corrected chi connectivity index (χ2v) is 4.69. The Morgan fingerprint density at radius 1 is 1.47 bits per heavy atom. The van der Waals surface area contributed by atoms with Gasteiger partial charge in [0.25, 0.3) is 0 Å². The first-order valence-corrected chi connectivity index (χ1v) is 5.56. The first-order chi connectivity index (χ1) is 7.79. The van der Waals surface area contributed by atoms with Crippen LogP contribution >= 0.6 is 0 Å². The van der Waals surface area contributed by atoms with Gasteiger partial charge in [0.1, 0.15) is 5.82 Å². The molecule has 0 aliphatic heterocycles. The Hall–Kier alpha value is -1.58. The van der Waals surface area contributed by atoms with Crippen molar-refractivity contribution in [1.82, 2.24) is 0 Å². The Morgan fingerprint density at radius 3 is 2.47 bits per heavy atom. The molecule has 0 amide bonds. The lowest BCUT2D eigenvalue weighted by Gasteiger charge is -2.36. The molecule has 1 aromatic rings. The number of hydrogen-bond donors (Lipinski definition) is 1. The average molecular weight is 239 g/mol. The molecule has 0 aliphatic rings. The van der Waals surface area contributed by atoms with Gasteiger partial charge in [-0.05, 0) is 38.5 Å². The zero-order valence-corrected chi connectivity index (χ0v) is 10.6. The summed E-state index contributed by atoms with van der Waals surface area (Å²) in [6, 6.07) is 4.19. The molecule has 0 fully saturated rings. The molecule has 0 spiro atoms. The van der Waals surface area contributed by atoms with Gasteiger partial charge in [0, 0.05) is 18.3 Å². The number of anilines is 1. The van der Waals surface area contributed by atoms with E-state index < -0.39 is 11.8 Å². The van der Waals surface area contributed by atoms with E-state index in [2.05, 4.69) is 20.8 Å². The lowest BCUT2D eigenvalue weighted by Crippen LogP contribution is -2.40. The molecule has 0 aromatic heterocycles. The van der Waals surface area contributed by atoms with Crippen molar-refractivity contribution in [2.75, 3.05) is 11.9 Å². The molecule has 4 heteroatoms. The highest BCUT2D eigenvalue weighted by molar-refractivity contribution is 5.88. The van der Waals surface area contributed by atoms with Crippen LogP contribution in [0.1, 0.15) is 37.6 Å². The van der Waals surface area contributed by atoms with Gasteiger partial charge in [-0.15, -0.1) is 0 Å². The molecule has 0 atom stereocenters. The molecular formula is C13H18FNO2. The first kappa shape index (κ1) is 13.5. The number of rotatable bonds is 4. The predicted octanol–water partition coefficient (Wildman–Crippen LogP) is 3.15. The molecule has 94 valence electrons. The van der Waals surface area contributed by atoms with Gasteiger partial charge < -0.3 is 10.0 Å². The van der Waals surface area contributed by atoms with Crippen LogP contribution in [0.15, 0.2) is 18.2 Å². The number of carboxylic acid groups (broad SMARTS) is 1. The minimum absolute atomic E-state index is 0.100. The van der Waals surface area contributed by atoms with Crippen LogP contribution in [0.25, 0.3) is 0 Å². The summed E-state index contributed by atoms with van der Waals surface area (Å²) in [5.41, 5.74) is 0.285. The molecule has 1 aromatic carbocycles. The van der Waals surface area contributed by atoms with Crippen LogP contribution in [-0.2, 0) is 0 Å². The number of carboxylic acids is 1. The Balaban J connectivity index is 3.10. The van der Waals surface area contributed by atoms with Crippen molar-refractivity contribution in [3.8, 4) is 0 Å². The van der Waals surface area contributed by atoms with E-state index in [0.717, 1.165) is 6.42 Å². The summed E-state index contributed by atoms with van der Waals surface area (Å²) in [5.74, 6) is -1.94. The van der Waals surface area contributed by atoms with Crippen molar-refractivity contribution >= 4 is 11.7 Å². The number of hydrogen-bond acceptors (Lipinski definition) is 2. The highest BCUT2D eigenvalue weighted by Crippen LogP contribution is 2.26. The topological polar surface area (TPSA) is 40.5 Å². The molecule has 0 saturated heterocycles. The van der Waals surface area contributed by atoms with Crippen LogP contribution in [0.2, 0.25) is 0 Å². The zero-order chi connectivity index (χ0) is 13.2. The number of benzene rings is 1. The maximum Gasteiger partial charge on any atom is 0.338 e. The van der Waals surface area contributed by atoms with Crippen LogP contribution in [0.5, 0.6) is 0 Å². The third-order valence-electron chi connectivity index (χ3n) is 3.34. The zero-order valence-electron chi connectivity index (χ0n) is 10.6. The van der Waals surface area contributed by atoms with E-state index in [9.17, 15) is 9.18 Å². The smallest absolute Gasteiger partial charge is 0.338 e. The van der Waals surface area contributed by atoms with E-state index in [1.807, 2.05) is 11.9 Å². The molecule has 0 unspecified atom stereocenters. The molecule has 3 nitrogen and oxygen atoms in total. The normalized spacial score (nSPS) is 11.4. The van der Waals surface area contributed by atoms with Gasteiger partial charge >= 0.3 is 5.97 Å². The van der Waals surface area contributed by atoms with Crippen molar-refractivity contribution in [3.63, 3.8) is 0 Å². The van der Waals surface area contributed by atoms with Crippen molar-refractivity contribution in [3.05, 3.63) is 29.6 Å². The summed E-state index contributed by atoms with van der Waals surface area (Å²) in [6.45, 7) is 6.16. The second kappa shape index (κ2) is 4.73. The summed E-state index contributed by atoms with van der Waals surface area (Å²) in [4.78, 5) is 12.6. The number of carbonyl (C=O) groups is 1.